The topological polar surface area (TPSA) is 26.3 Å². The van der Waals surface area contributed by atoms with Crippen LogP contribution in [0.2, 0.25) is 0 Å². The first-order valence-electron chi connectivity index (χ1n) is 4.96. The molecule has 0 bridgehead atoms. The van der Waals surface area contributed by atoms with Gasteiger partial charge < -0.3 is 4.74 Å². The van der Waals surface area contributed by atoms with Gasteiger partial charge in [-0.1, -0.05) is 19.8 Å². The molecule has 2 nitrogen and oxygen atoms in total. The summed E-state index contributed by atoms with van der Waals surface area (Å²) in [5.74, 6) is 0.916. The highest BCUT2D eigenvalue weighted by Crippen LogP contribution is 2.43. The molecule has 0 saturated heterocycles. The van der Waals surface area contributed by atoms with Crippen molar-refractivity contribution in [1.82, 2.24) is 0 Å². The Morgan fingerprint density at radius 3 is 2.83 bits per heavy atom. The predicted octanol–water partition coefficient (Wildman–Crippen LogP) is 2.38. The van der Waals surface area contributed by atoms with Gasteiger partial charge in [0, 0.05) is 0 Å². The zero-order valence-electron chi connectivity index (χ0n) is 8.01. The molecule has 0 aliphatic heterocycles. The van der Waals surface area contributed by atoms with E-state index in [4.69, 9.17) is 4.74 Å². The first kappa shape index (κ1) is 9.56. The molecule has 12 heavy (non-hydrogen) atoms. The minimum absolute atomic E-state index is 0.0265. The van der Waals surface area contributed by atoms with Crippen LogP contribution in [-0.4, -0.2) is 12.6 Å². The molecule has 0 heterocycles. The predicted molar refractivity (Wildman–Crippen MR) is 47.8 cm³/mol. The summed E-state index contributed by atoms with van der Waals surface area (Å²) in [4.78, 5) is 11.2. The lowest BCUT2D eigenvalue weighted by molar-refractivity contribution is -0.145. The van der Waals surface area contributed by atoms with Crippen molar-refractivity contribution in [3.05, 3.63) is 0 Å². The number of carbonyl (C=O) groups is 1. The van der Waals surface area contributed by atoms with E-state index in [0.717, 1.165) is 6.42 Å². The van der Waals surface area contributed by atoms with Gasteiger partial charge in [0.1, 0.15) is 0 Å². The fraction of sp³-hybridized carbons (Fsp3) is 0.900. The van der Waals surface area contributed by atoms with Crippen LogP contribution in [0.1, 0.15) is 39.5 Å². The summed E-state index contributed by atoms with van der Waals surface area (Å²) in [5, 5.41) is 0. The summed E-state index contributed by atoms with van der Waals surface area (Å²) in [7, 11) is 0. The van der Waals surface area contributed by atoms with Crippen molar-refractivity contribution in [2.75, 3.05) is 6.61 Å². The molecule has 0 radical (unpaired) electrons. The lowest BCUT2D eigenvalue weighted by Crippen LogP contribution is -2.07. The van der Waals surface area contributed by atoms with Gasteiger partial charge in [-0.25, -0.2) is 0 Å². The molecule has 0 N–H and O–H groups in total. The molecule has 1 aliphatic carbocycles. The smallest absolute Gasteiger partial charge is 0.309 e. The monoisotopic (exact) mass is 170 g/mol. The van der Waals surface area contributed by atoms with E-state index < -0.39 is 0 Å². The lowest BCUT2D eigenvalue weighted by Gasteiger charge is -1.99. The zero-order chi connectivity index (χ0) is 8.97. The molecule has 0 spiro atoms. The van der Waals surface area contributed by atoms with Crippen molar-refractivity contribution in [3.8, 4) is 0 Å². The molecule has 1 rings (SSSR count). The van der Waals surface area contributed by atoms with Crippen LogP contribution >= 0.6 is 0 Å². The van der Waals surface area contributed by atoms with Crippen LogP contribution < -0.4 is 0 Å². The molecule has 0 amide bonds. The molecule has 1 aliphatic rings. The van der Waals surface area contributed by atoms with E-state index in [-0.39, 0.29) is 11.9 Å². The minimum Gasteiger partial charge on any atom is -0.466 e. The van der Waals surface area contributed by atoms with Crippen molar-refractivity contribution in [2.45, 2.75) is 39.5 Å². The van der Waals surface area contributed by atoms with E-state index >= 15 is 0 Å². The van der Waals surface area contributed by atoms with Crippen LogP contribution in [0, 0.1) is 11.8 Å². The Hall–Kier alpha value is -0.530. The van der Waals surface area contributed by atoms with Crippen LogP contribution in [0.25, 0.3) is 0 Å². The number of rotatable bonds is 5. The molecule has 0 aromatic heterocycles. The van der Waals surface area contributed by atoms with Gasteiger partial charge in [0.25, 0.3) is 0 Å². The summed E-state index contributed by atoms with van der Waals surface area (Å²) >= 11 is 0. The molecule has 0 unspecified atom stereocenters. The number of ether oxygens (including phenoxy) is 1. The van der Waals surface area contributed by atoms with Crippen LogP contribution in [0.3, 0.4) is 0 Å². The van der Waals surface area contributed by atoms with E-state index in [1.165, 1.54) is 19.3 Å². The van der Waals surface area contributed by atoms with Gasteiger partial charge in [-0.05, 0) is 25.7 Å². The first-order chi connectivity index (χ1) is 5.79. The van der Waals surface area contributed by atoms with Crippen molar-refractivity contribution in [3.63, 3.8) is 0 Å². The molecule has 2 heteroatoms. The highest BCUT2D eigenvalue weighted by molar-refractivity contribution is 5.75. The van der Waals surface area contributed by atoms with E-state index in [1.807, 2.05) is 6.92 Å². The second-order valence-electron chi connectivity index (χ2n) is 3.50. The van der Waals surface area contributed by atoms with Crippen LogP contribution in [-0.2, 0) is 9.53 Å². The number of carbonyl (C=O) groups excluding carboxylic acids is 1. The SMILES string of the molecule is CCCC[C@@H]1C[C@H]1C(=O)OCC. The Labute approximate surface area is 74.3 Å². The van der Waals surface area contributed by atoms with Crippen LogP contribution in [0.15, 0.2) is 0 Å². The maximum Gasteiger partial charge on any atom is 0.309 e. The number of unbranched alkanes of at least 4 members (excludes halogenated alkanes) is 1. The fourth-order valence-corrected chi connectivity index (χ4v) is 1.57. The lowest BCUT2D eigenvalue weighted by atomic mass is 10.1. The second kappa shape index (κ2) is 4.48. The fourth-order valence-electron chi connectivity index (χ4n) is 1.57. The van der Waals surface area contributed by atoms with Gasteiger partial charge in [0.15, 0.2) is 0 Å². The van der Waals surface area contributed by atoms with E-state index in [9.17, 15) is 4.79 Å². The van der Waals surface area contributed by atoms with Gasteiger partial charge >= 0.3 is 5.97 Å². The van der Waals surface area contributed by atoms with E-state index in [2.05, 4.69) is 6.92 Å². The molecule has 1 saturated carbocycles. The molecule has 0 aromatic rings. The van der Waals surface area contributed by atoms with Crippen molar-refractivity contribution in [1.29, 1.82) is 0 Å². The summed E-state index contributed by atoms with van der Waals surface area (Å²) in [5.41, 5.74) is 0. The molecule has 70 valence electrons. The number of esters is 1. The Kier molecular flexibility index (Phi) is 3.57. The Morgan fingerprint density at radius 1 is 1.50 bits per heavy atom. The molecule has 0 aromatic carbocycles. The quantitative estimate of drug-likeness (QED) is 0.592. The average molecular weight is 170 g/mol. The van der Waals surface area contributed by atoms with Crippen LogP contribution in [0.4, 0.5) is 0 Å². The van der Waals surface area contributed by atoms with Gasteiger partial charge in [-0.3, -0.25) is 4.79 Å². The second-order valence-corrected chi connectivity index (χ2v) is 3.50. The maximum atomic E-state index is 11.2. The summed E-state index contributed by atoms with van der Waals surface area (Å²) < 4.78 is 4.94. The maximum absolute atomic E-state index is 11.2. The molecule has 1 fully saturated rings. The Morgan fingerprint density at radius 2 is 2.25 bits per heavy atom. The third-order valence-corrected chi connectivity index (χ3v) is 2.44. The highest BCUT2D eigenvalue weighted by atomic mass is 16.5. The summed E-state index contributed by atoms with van der Waals surface area (Å²) in [6, 6.07) is 0. The van der Waals surface area contributed by atoms with Gasteiger partial charge in [-0.15, -0.1) is 0 Å². The van der Waals surface area contributed by atoms with Gasteiger partial charge in [0.2, 0.25) is 0 Å². The molecular weight excluding hydrogens is 152 g/mol. The normalized spacial score (nSPS) is 26.8. The molecule has 2 atom stereocenters. The van der Waals surface area contributed by atoms with E-state index in [0.29, 0.717) is 12.5 Å². The largest absolute Gasteiger partial charge is 0.466 e. The number of hydrogen-bond donors (Lipinski definition) is 0. The van der Waals surface area contributed by atoms with Gasteiger partial charge in [0.05, 0.1) is 12.5 Å². The van der Waals surface area contributed by atoms with E-state index in [1.54, 1.807) is 0 Å². The van der Waals surface area contributed by atoms with Gasteiger partial charge in [-0.2, -0.15) is 0 Å². The van der Waals surface area contributed by atoms with Crippen molar-refractivity contribution < 1.29 is 9.53 Å². The van der Waals surface area contributed by atoms with Crippen LogP contribution in [0.5, 0.6) is 0 Å². The van der Waals surface area contributed by atoms with Crippen molar-refractivity contribution in [2.24, 2.45) is 11.8 Å². The average Bonchev–Trinajstić information content (AvgIpc) is 2.80. The first-order valence-corrected chi connectivity index (χ1v) is 4.96. The Bertz CT molecular complexity index is 154. The third-order valence-electron chi connectivity index (χ3n) is 2.44. The zero-order valence-corrected chi connectivity index (χ0v) is 8.01. The van der Waals surface area contributed by atoms with Crippen molar-refractivity contribution >= 4 is 5.97 Å². The molecular formula is C10H18O2. The number of hydrogen-bond acceptors (Lipinski definition) is 2. The minimum atomic E-state index is 0.0265. The standard InChI is InChI=1S/C10H18O2/c1-3-5-6-8-7-9(8)10(11)12-4-2/h8-9H,3-7H2,1-2H3/t8-,9-/m1/s1. The Balaban J connectivity index is 2.10. The summed E-state index contributed by atoms with van der Waals surface area (Å²) in [6.45, 7) is 4.57. The summed E-state index contributed by atoms with van der Waals surface area (Å²) in [6.07, 6.45) is 4.76. The highest BCUT2D eigenvalue weighted by Gasteiger charge is 2.43. The third kappa shape index (κ3) is 2.50.